The molecule has 3 aliphatic heterocycles. The molecule has 1 N–H and O–H groups in total. The number of hydrogen-bond donors (Lipinski definition) is 1. The zero-order valence-electron chi connectivity index (χ0n) is 17.6. The molecule has 4 aliphatic rings. The van der Waals surface area contributed by atoms with E-state index in [1.807, 2.05) is 0 Å². The molecule has 0 radical (unpaired) electrons. The van der Waals surface area contributed by atoms with Gasteiger partial charge < -0.3 is 10.2 Å². The van der Waals surface area contributed by atoms with Crippen molar-refractivity contribution >= 4 is 33.8 Å². The highest BCUT2D eigenvalue weighted by atomic mass is 32.1. The van der Waals surface area contributed by atoms with E-state index in [2.05, 4.69) is 63.7 Å². The Kier molecular flexibility index (Phi) is 4.80. The van der Waals surface area contributed by atoms with Gasteiger partial charge in [-0.05, 0) is 74.2 Å². The molecule has 0 amide bonds. The SMILES string of the molecule is S=C(Nc1cccc2ccccc12)N1CCCC2=C[C@@H]3C[C@H](CN4CCCC[C@H]34)[C@@H]21. The van der Waals surface area contributed by atoms with Crippen molar-refractivity contribution in [1.29, 1.82) is 0 Å². The van der Waals surface area contributed by atoms with E-state index in [4.69, 9.17) is 12.2 Å². The first-order valence-corrected chi connectivity index (χ1v) is 12.2. The van der Waals surface area contributed by atoms with Crippen molar-refractivity contribution in [2.24, 2.45) is 11.8 Å². The van der Waals surface area contributed by atoms with E-state index in [-0.39, 0.29) is 0 Å². The Hall–Kier alpha value is -1.91. The van der Waals surface area contributed by atoms with Gasteiger partial charge in [0.15, 0.2) is 5.11 Å². The van der Waals surface area contributed by atoms with Crippen LogP contribution in [0.3, 0.4) is 0 Å². The van der Waals surface area contributed by atoms with Gasteiger partial charge in [-0.15, -0.1) is 0 Å². The summed E-state index contributed by atoms with van der Waals surface area (Å²) in [7, 11) is 0. The first kappa shape index (κ1) is 18.8. The minimum Gasteiger partial charge on any atom is -0.342 e. The Bertz CT molecular complexity index is 993. The summed E-state index contributed by atoms with van der Waals surface area (Å²) in [5, 5.41) is 7.04. The van der Waals surface area contributed by atoms with E-state index in [1.165, 1.54) is 62.4 Å². The van der Waals surface area contributed by atoms with Crippen molar-refractivity contribution in [3.05, 3.63) is 54.1 Å². The molecular weight excluding hydrogens is 386 g/mol. The highest BCUT2D eigenvalue weighted by Gasteiger charge is 2.46. The van der Waals surface area contributed by atoms with Crippen LogP contribution in [0.5, 0.6) is 0 Å². The second kappa shape index (κ2) is 7.65. The van der Waals surface area contributed by atoms with Crippen LogP contribution < -0.4 is 5.32 Å². The molecule has 4 heteroatoms. The van der Waals surface area contributed by atoms with Crippen LogP contribution in [0.1, 0.15) is 38.5 Å². The maximum atomic E-state index is 6.02. The Morgan fingerprint density at radius 2 is 1.90 bits per heavy atom. The summed E-state index contributed by atoms with van der Waals surface area (Å²) >= 11 is 6.02. The van der Waals surface area contributed by atoms with E-state index < -0.39 is 0 Å². The van der Waals surface area contributed by atoms with Crippen molar-refractivity contribution in [3.63, 3.8) is 0 Å². The van der Waals surface area contributed by atoms with Crippen molar-refractivity contribution in [1.82, 2.24) is 9.80 Å². The van der Waals surface area contributed by atoms with Crippen LogP contribution in [-0.2, 0) is 0 Å². The maximum absolute atomic E-state index is 6.02. The van der Waals surface area contributed by atoms with Gasteiger partial charge in [-0.3, -0.25) is 4.90 Å². The molecule has 3 fully saturated rings. The van der Waals surface area contributed by atoms with E-state index in [0.717, 1.165) is 35.2 Å². The molecule has 3 saturated heterocycles. The molecule has 4 atom stereocenters. The van der Waals surface area contributed by atoms with Crippen molar-refractivity contribution in [2.75, 3.05) is 25.0 Å². The van der Waals surface area contributed by atoms with Crippen LogP contribution in [0.15, 0.2) is 54.1 Å². The Balaban J connectivity index is 1.28. The second-order valence-corrected chi connectivity index (χ2v) is 10.0. The quantitative estimate of drug-likeness (QED) is 0.492. The van der Waals surface area contributed by atoms with Gasteiger partial charge in [0.2, 0.25) is 0 Å². The molecule has 3 nitrogen and oxygen atoms in total. The van der Waals surface area contributed by atoms with Gasteiger partial charge in [-0.2, -0.15) is 0 Å². The molecule has 6 rings (SSSR count). The van der Waals surface area contributed by atoms with Crippen LogP contribution >= 0.6 is 12.2 Å². The Labute approximate surface area is 185 Å². The molecule has 156 valence electrons. The average molecular weight is 418 g/mol. The first-order chi connectivity index (χ1) is 14.8. The Morgan fingerprint density at radius 3 is 2.87 bits per heavy atom. The molecular formula is C26H31N3S. The third-order valence-electron chi connectivity index (χ3n) is 7.95. The predicted octanol–water partition coefficient (Wildman–Crippen LogP) is 5.43. The number of anilines is 1. The molecule has 30 heavy (non-hydrogen) atoms. The van der Waals surface area contributed by atoms with Gasteiger partial charge in [-0.1, -0.05) is 54.5 Å². The van der Waals surface area contributed by atoms with E-state index in [0.29, 0.717) is 6.04 Å². The number of benzene rings is 2. The van der Waals surface area contributed by atoms with E-state index in [1.54, 1.807) is 5.57 Å². The highest BCUT2D eigenvalue weighted by molar-refractivity contribution is 7.80. The molecule has 2 aromatic rings. The van der Waals surface area contributed by atoms with Gasteiger partial charge in [0.05, 0.1) is 6.04 Å². The number of fused-ring (bicyclic) bond motifs is 7. The fourth-order valence-corrected chi connectivity index (χ4v) is 7.04. The summed E-state index contributed by atoms with van der Waals surface area (Å²) < 4.78 is 0. The monoisotopic (exact) mass is 417 g/mol. The molecule has 2 aromatic carbocycles. The lowest BCUT2D eigenvalue weighted by Gasteiger charge is -2.55. The van der Waals surface area contributed by atoms with Crippen LogP contribution in [-0.4, -0.2) is 46.6 Å². The zero-order valence-corrected chi connectivity index (χ0v) is 18.4. The van der Waals surface area contributed by atoms with Gasteiger partial charge in [0.1, 0.15) is 0 Å². The molecule has 2 bridgehead atoms. The van der Waals surface area contributed by atoms with E-state index in [9.17, 15) is 0 Å². The Morgan fingerprint density at radius 1 is 1.00 bits per heavy atom. The fraction of sp³-hybridized carbons (Fsp3) is 0.500. The number of likely N-dealkylation sites (tertiary alicyclic amines) is 1. The summed E-state index contributed by atoms with van der Waals surface area (Å²) in [5.41, 5.74) is 2.80. The zero-order chi connectivity index (χ0) is 20.1. The van der Waals surface area contributed by atoms with Gasteiger partial charge in [0, 0.05) is 30.2 Å². The molecule has 0 spiro atoms. The van der Waals surface area contributed by atoms with Crippen molar-refractivity contribution in [3.8, 4) is 0 Å². The average Bonchev–Trinajstić information content (AvgIpc) is 2.79. The number of nitrogens with one attached hydrogen (secondary N) is 1. The summed E-state index contributed by atoms with van der Waals surface area (Å²) in [6, 6.07) is 16.3. The van der Waals surface area contributed by atoms with Gasteiger partial charge >= 0.3 is 0 Å². The lowest BCUT2D eigenvalue weighted by Crippen LogP contribution is -2.60. The number of rotatable bonds is 1. The summed E-state index contributed by atoms with van der Waals surface area (Å²) in [6.45, 7) is 3.63. The number of nitrogens with zero attached hydrogens (tertiary/aromatic N) is 2. The van der Waals surface area contributed by atoms with Crippen LogP contribution in [0.2, 0.25) is 0 Å². The minimum atomic E-state index is 0.493. The number of hydrogen-bond acceptors (Lipinski definition) is 2. The third-order valence-corrected chi connectivity index (χ3v) is 8.29. The fourth-order valence-electron chi connectivity index (χ4n) is 6.72. The molecule has 0 unspecified atom stereocenters. The summed E-state index contributed by atoms with van der Waals surface area (Å²) in [6.07, 6.45) is 10.7. The van der Waals surface area contributed by atoms with Crippen LogP contribution in [0.4, 0.5) is 5.69 Å². The standard InChI is InChI=1S/C26H31N3S/c30-26(27-23-11-5-8-18-7-1-2-10-22(18)23)29-14-6-9-19-15-20-16-21(25(19)29)17-28-13-4-3-12-24(20)28/h1-2,5,7-8,10-11,15,20-21,24-25H,3-4,6,9,12-14,16-17H2,(H,27,30)/t20-,21-,24-,25-/m1/s1. The molecule has 1 aliphatic carbocycles. The normalized spacial score (nSPS) is 30.9. The van der Waals surface area contributed by atoms with Gasteiger partial charge in [-0.25, -0.2) is 0 Å². The lowest BCUT2D eigenvalue weighted by molar-refractivity contribution is 0.0132. The molecule has 0 saturated carbocycles. The number of piperidine rings is 3. The molecule has 0 aromatic heterocycles. The maximum Gasteiger partial charge on any atom is 0.173 e. The largest absolute Gasteiger partial charge is 0.342 e. The summed E-state index contributed by atoms with van der Waals surface area (Å²) in [5.74, 6) is 1.49. The van der Waals surface area contributed by atoms with Crippen molar-refractivity contribution in [2.45, 2.75) is 50.6 Å². The predicted molar refractivity (Wildman–Crippen MR) is 129 cm³/mol. The summed E-state index contributed by atoms with van der Waals surface area (Å²) in [4.78, 5) is 5.33. The molecule has 3 heterocycles. The second-order valence-electron chi connectivity index (χ2n) is 9.66. The number of thiocarbonyl (C=S) groups is 1. The first-order valence-electron chi connectivity index (χ1n) is 11.8. The minimum absolute atomic E-state index is 0.493. The highest BCUT2D eigenvalue weighted by Crippen LogP contribution is 2.45. The van der Waals surface area contributed by atoms with Gasteiger partial charge in [0.25, 0.3) is 0 Å². The lowest BCUT2D eigenvalue weighted by atomic mass is 9.68. The van der Waals surface area contributed by atoms with Crippen LogP contribution in [0, 0.1) is 11.8 Å². The van der Waals surface area contributed by atoms with Crippen molar-refractivity contribution < 1.29 is 0 Å². The third kappa shape index (κ3) is 3.16. The van der Waals surface area contributed by atoms with E-state index >= 15 is 0 Å². The smallest absolute Gasteiger partial charge is 0.173 e. The topological polar surface area (TPSA) is 18.5 Å². The van der Waals surface area contributed by atoms with Crippen LogP contribution in [0.25, 0.3) is 10.8 Å².